The minimum atomic E-state index is -4.61. The Hall–Kier alpha value is -2.84. The van der Waals surface area contributed by atoms with Gasteiger partial charge in [0.25, 0.3) is 7.82 Å². The maximum atomic E-state index is 12.9. The van der Waals surface area contributed by atoms with Crippen LogP contribution in [0.5, 0.6) is 0 Å². The number of allylic oxidation sites excluding steroid dienone is 17. The van der Waals surface area contributed by atoms with E-state index in [1.165, 1.54) is 83.5 Å². The highest BCUT2D eigenvalue weighted by molar-refractivity contribution is 7.45. The van der Waals surface area contributed by atoms with E-state index in [-0.39, 0.29) is 12.5 Å². The van der Waals surface area contributed by atoms with Crippen molar-refractivity contribution in [2.24, 2.45) is 0 Å². The first-order valence-corrected chi connectivity index (χ1v) is 27.7. The third kappa shape index (κ3) is 49.1. The molecule has 66 heavy (non-hydrogen) atoms. The van der Waals surface area contributed by atoms with Gasteiger partial charge in [0.1, 0.15) is 13.2 Å². The molecular weight excluding hydrogens is 840 g/mol. The van der Waals surface area contributed by atoms with Gasteiger partial charge in [0.2, 0.25) is 5.91 Å². The van der Waals surface area contributed by atoms with Crippen LogP contribution >= 0.6 is 7.82 Å². The summed E-state index contributed by atoms with van der Waals surface area (Å²) in [6.45, 7) is 4.45. The fourth-order valence-electron chi connectivity index (χ4n) is 6.83. The van der Waals surface area contributed by atoms with Crippen LogP contribution in [0.4, 0.5) is 0 Å². The molecule has 0 heterocycles. The molecule has 0 aliphatic rings. The molecule has 0 radical (unpaired) electrons. The van der Waals surface area contributed by atoms with Crippen molar-refractivity contribution in [3.63, 3.8) is 0 Å². The van der Waals surface area contributed by atoms with Crippen molar-refractivity contribution in [1.29, 1.82) is 0 Å². The fourth-order valence-corrected chi connectivity index (χ4v) is 7.56. The molecule has 0 saturated heterocycles. The zero-order valence-corrected chi connectivity index (χ0v) is 43.7. The number of phosphoric acid groups is 1. The van der Waals surface area contributed by atoms with Crippen LogP contribution in [0.2, 0.25) is 0 Å². The summed E-state index contributed by atoms with van der Waals surface area (Å²) in [6, 6.07) is -0.916. The molecule has 0 aliphatic carbocycles. The zero-order valence-electron chi connectivity index (χ0n) is 42.9. The van der Waals surface area contributed by atoms with Crippen molar-refractivity contribution >= 4 is 13.7 Å². The van der Waals surface area contributed by atoms with Crippen LogP contribution in [0.25, 0.3) is 0 Å². The predicted molar refractivity (Wildman–Crippen MR) is 283 cm³/mol. The first-order chi connectivity index (χ1) is 32.0. The Bertz CT molecular complexity index is 1440. The number of phosphoric ester groups is 1. The number of quaternary nitrogens is 1. The van der Waals surface area contributed by atoms with Gasteiger partial charge < -0.3 is 28.8 Å². The van der Waals surface area contributed by atoms with E-state index in [1.54, 1.807) is 6.08 Å². The molecule has 0 rings (SSSR count). The highest BCUT2D eigenvalue weighted by Gasteiger charge is 2.23. The number of unbranched alkanes of at least 4 members (excludes halogenated alkanes) is 17. The number of rotatable bonds is 46. The van der Waals surface area contributed by atoms with Crippen molar-refractivity contribution < 1.29 is 32.9 Å². The van der Waals surface area contributed by atoms with Gasteiger partial charge in [-0.05, 0) is 96.3 Å². The molecule has 0 bridgehead atoms. The molecule has 0 spiro atoms. The summed E-state index contributed by atoms with van der Waals surface area (Å²) in [5.41, 5.74) is 0. The lowest BCUT2D eigenvalue weighted by Crippen LogP contribution is -2.45. The molecule has 8 nitrogen and oxygen atoms in total. The van der Waals surface area contributed by atoms with Gasteiger partial charge in [0, 0.05) is 6.42 Å². The number of carbonyl (C=O) groups excluding carboxylic acids is 1. The number of hydrogen-bond acceptors (Lipinski definition) is 6. The molecule has 0 aromatic heterocycles. The standard InChI is InChI=1S/C57H99N2O6P/c1-6-8-10-12-14-16-18-20-21-22-23-24-25-26-27-28-29-30-31-32-33-34-35-36-37-39-41-43-45-47-49-51-57(61)58-55(54-65-66(62,63)64-53-52-59(3,4)5)56(60)50-48-46-44-42-40-38-19-17-15-13-11-9-7-2/h8,10,14-17,20-21,23-24,26-27,29-30,40,42,48,50,55-56,60H,6-7,9,11-13,18-19,22,25,28,31-39,41,43-47,49,51-54H2,1-5H3,(H-,58,61,62,63)/b10-8-,16-14-,17-15+,21-20-,24-23-,27-26-,30-29-,42-40+,50-48+. The molecular formula is C57H99N2O6P. The van der Waals surface area contributed by atoms with Crippen LogP contribution in [-0.4, -0.2) is 68.5 Å². The number of hydrogen-bond donors (Lipinski definition) is 2. The Kier molecular flexibility index (Phi) is 45.2. The maximum absolute atomic E-state index is 12.9. The molecule has 378 valence electrons. The third-order valence-electron chi connectivity index (χ3n) is 10.9. The van der Waals surface area contributed by atoms with Crippen LogP contribution in [-0.2, 0) is 18.4 Å². The van der Waals surface area contributed by atoms with Gasteiger partial charge in [-0.1, -0.05) is 200 Å². The number of aliphatic hydroxyl groups is 1. The molecule has 2 N–H and O–H groups in total. The molecule has 0 fully saturated rings. The summed E-state index contributed by atoms with van der Waals surface area (Å²) >= 11 is 0. The van der Waals surface area contributed by atoms with Crippen molar-refractivity contribution in [2.75, 3.05) is 40.9 Å². The second-order valence-corrected chi connectivity index (χ2v) is 19.9. The molecule has 0 aliphatic heterocycles. The van der Waals surface area contributed by atoms with Gasteiger partial charge in [-0.3, -0.25) is 9.36 Å². The Morgan fingerprint density at radius 2 is 0.939 bits per heavy atom. The summed E-state index contributed by atoms with van der Waals surface area (Å²) in [4.78, 5) is 25.4. The first kappa shape index (κ1) is 63.2. The summed E-state index contributed by atoms with van der Waals surface area (Å²) in [6.07, 6.45) is 68.7. The van der Waals surface area contributed by atoms with Gasteiger partial charge in [-0.25, -0.2) is 0 Å². The molecule has 0 aromatic carbocycles. The SMILES string of the molecule is CC/C=C\C/C=C\C/C=C\C/C=C\C/C=C\C/C=C\CCCCCCCCCCCCCCC(=O)NC(COP(=O)([O-])OCC[N+](C)(C)C)C(O)/C=C/CC/C=C/CC/C=C/CCCCC. The van der Waals surface area contributed by atoms with E-state index >= 15 is 0 Å². The number of carbonyl (C=O) groups is 1. The minimum Gasteiger partial charge on any atom is -0.756 e. The second-order valence-electron chi connectivity index (χ2n) is 18.5. The molecule has 1 amide bonds. The highest BCUT2D eigenvalue weighted by Crippen LogP contribution is 2.38. The van der Waals surface area contributed by atoms with E-state index in [0.29, 0.717) is 17.4 Å². The maximum Gasteiger partial charge on any atom is 0.268 e. The Labute approximate surface area is 406 Å². The topological polar surface area (TPSA) is 108 Å². The summed E-state index contributed by atoms with van der Waals surface area (Å²) in [7, 11) is 1.22. The van der Waals surface area contributed by atoms with Gasteiger partial charge in [0.15, 0.2) is 0 Å². The van der Waals surface area contributed by atoms with E-state index in [2.05, 4.69) is 116 Å². The first-order valence-electron chi connectivity index (χ1n) is 26.2. The normalized spacial score (nSPS) is 15.0. The lowest BCUT2D eigenvalue weighted by atomic mass is 10.0. The van der Waals surface area contributed by atoms with Crippen LogP contribution in [0.1, 0.15) is 194 Å². The van der Waals surface area contributed by atoms with E-state index in [4.69, 9.17) is 9.05 Å². The monoisotopic (exact) mass is 939 g/mol. The molecule has 3 unspecified atom stereocenters. The van der Waals surface area contributed by atoms with Crippen LogP contribution in [0.3, 0.4) is 0 Å². The number of nitrogens with zero attached hydrogens (tertiary/aromatic N) is 1. The van der Waals surface area contributed by atoms with E-state index in [9.17, 15) is 19.4 Å². The highest BCUT2D eigenvalue weighted by atomic mass is 31.2. The van der Waals surface area contributed by atoms with Gasteiger partial charge >= 0.3 is 0 Å². The third-order valence-corrected chi connectivity index (χ3v) is 11.9. The average molecular weight is 939 g/mol. The Morgan fingerprint density at radius 3 is 1.41 bits per heavy atom. The lowest BCUT2D eigenvalue weighted by Gasteiger charge is -2.29. The average Bonchev–Trinajstić information content (AvgIpc) is 3.28. The number of nitrogens with one attached hydrogen (secondary N) is 1. The Balaban J connectivity index is 4.20. The largest absolute Gasteiger partial charge is 0.756 e. The van der Waals surface area contributed by atoms with E-state index in [0.717, 1.165) is 89.9 Å². The van der Waals surface area contributed by atoms with Crippen molar-refractivity contribution in [3.05, 3.63) is 109 Å². The van der Waals surface area contributed by atoms with Gasteiger partial charge in [0.05, 0.1) is 39.9 Å². The lowest BCUT2D eigenvalue weighted by molar-refractivity contribution is -0.870. The van der Waals surface area contributed by atoms with Crippen LogP contribution in [0, 0.1) is 0 Å². The number of amides is 1. The van der Waals surface area contributed by atoms with Crippen molar-refractivity contribution in [3.8, 4) is 0 Å². The number of aliphatic hydroxyl groups excluding tert-OH is 1. The summed E-state index contributed by atoms with van der Waals surface area (Å²) in [5.74, 6) is -0.220. The fraction of sp³-hybridized carbons (Fsp3) is 0.667. The number of likely N-dealkylation sites (N-methyl/N-ethyl adjacent to an activating group) is 1. The van der Waals surface area contributed by atoms with Gasteiger partial charge in [-0.2, -0.15) is 0 Å². The van der Waals surface area contributed by atoms with Crippen molar-refractivity contribution in [2.45, 2.75) is 206 Å². The molecule has 0 aromatic rings. The minimum absolute atomic E-state index is 0.0145. The molecule has 3 atom stereocenters. The van der Waals surface area contributed by atoms with Gasteiger partial charge in [-0.15, -0.1) is 0 Å². The quantitative estimate of drug-likeness (QED) is 0.0272. The predicted octanol–water partition coefficient (Wildman–Crippen LogP) is 15.0. The van der Waals surface area contributed by atoms with Crippen LogP contribution < -0.4 is 10.2 Å². The summed E-state index contributed by atoms with van der Waals surface area (Å²) in [5, 5.41) is 13.8. The second kappa shape index (κ2) is 47.2. The van der Waals surface area contributed by atoms with E-state index in [1.807, 2.05) is 27.2 Å². The molecule has 9 heteroatoms. The van der Waals surface area contributed by atoms with Crippen LogP contribution in [0.15, 0.2) is 109 Å². The Morgan fingerprint density at radius 1 is 0.545 bits per heavy atom. The molecule has 0 saturated carbocycles. The smallest absolute Gasteiger partial charge is 0.268 e. The van der Waals surface area contributed by atoms with Crippen molar-refractivity contribution in [1.82, 2.24) is 5.32 Å². The summed E-state index contributed by atoms with van der Waals surface area (Å²) < 4.78 is 23.2. The zero-order chi connectivity index (χ0) is 48.5. The van der Waals surface area contributed by atoms with E-state index < -0.39 is 26.6 Å².